The first-order chi connectivity index (χ1) is 20.7. The van der Waals surface area contributed by atoms with Crippen LogP contribution in [-0.4, -0.2) is 76.0 Å². The third kappa shape index (κ3) is 5.80. The number of aromatic amines is 1. The van der Waals surface area contributed by atoms with Crippen molar-refractivity contribution in [1.29, 1.82) is 0 Å². The molecule has 224 valence electrons. The second kappa shape index (κ2) is 11.9. The van der Waals surface area contributed by atoms with Crippen LogP contribution in [0.4, 0.5) is 0 Å². The molecule has 10 nitrogen and oxygen atoms in total. The molecule has 0 aliphatic carbocycles. The summed E-state index contributed by atoms with van der Waals surface area (Å²) in [6.07, 6.45) is 2.53. The Hall–Kier alpha value is -4.06. The van der Waals surface area contributed by atoms with E-state index >= 15 is 0 Å². The summed E-state index contributed by atoms with van der Waals surface area (Å²) in [5.41, 5.74) is 3.23. The van der Waals surface area contributed by atoms with Crippen molar-refractivity contribution in [2.45, 2.75) is 44.7 Å². The number of fused-ring (bicyclic) bond motifs is 2. The van der Waals surface area contributed by atoms with Crippen LogP contribution in [0.2, 0.25) is 0 Å². The number of hydrogen-bond acceptors (Lipinski definition) is 7. The number of imidazole rings is 1. The topological polar surface area (TPSA) is 113 Å². The van der Waals surface area contributed by atoms with Crippen molar-refractivity contribution in [1.82, 2.24) is 28.7 Å². The van der Waals surface area contributed by atoms with E-state index in [-0.39, 0.29) is 16.3 Å². The number of nitrogens with zero attached hydrogens (tertiary/aromatic N) is 5. The highest BCUT2D eigenvalue weighted by atomic mass is 32.2. The highest BCUT2D eigenvalue weighted by molar-refractivity contribution is 7.89. The molecule has 1 saturated heterocycles. The average molecular weight is 601 g/mol. The molecule has 2 aromatic heterocycles. The van der Waals surface area contributed by atoms with Gasteiger partial charge in [-0.2, -0.15) is 4.31 Å². The van der Waals surface area contributed by atoms with Crippen molar-refractivity contribution >= 4 is 32.0 Å². The Bertz CT molecular complexity index is 1930. The van der Waals surface area contributed by atoms with Gasteiger partial charge in [0.25, 0.3) is 5.56 Å². The molecule has 5 aromatic rings. The second-order valence-electron chi connectivity index (χ2n) is 11.2. The molecule has 6 rings (SSSR count). The van der Waals surface area contributed by atoms with Crippen LogP contribution in [0.5, 0.6) is 5.75 Å². The molecule has 1 fully saturated rings. The molecule has 1 aliphatic heterocycles. The van der Waals surface area contributed by atoms with Crippen LogP contribution in [-0.2, 0) is 16.6 Å². The molecule has 0 saturated carbocycles. The number of rotatable bonds is 9. The zero-order chi connectivity index (χ0) is 30.1. The molecular formula is C32H36N6O4S. The van der Waals surface area contributed by atoms with E-state index in [1.165, 1.54) is 4.31 Å². The number of aromatic nitrogens is 4. The minimum Gasteiger partial charge on any atom is -0.493 e. The van der Waals surface area contributed by atoms with Gasteiger partial charge in [-0.3, -0.25) is 9.69 Å². The van der Waals surface area contributed by atoms with Gasteiger partial charge in [-0.15, -0.1) is 0 Å². The van der Waals surface area contributed by atoms with Crippen LogP contribution in [0, 0.1) is 0 Å². The van der Waals surface area contributed by atoms with Crippen LogP contribution >= 0.6 is 0 Å². The van der Waals surface area contributed by atoms with Gasteiger partial charge in [-0.05, 0) is 56.2 Å². The highest BCUT2D eigenvalue weighted by Gasteiger charge is 2.30. The SMILES string of the molecule is CCCOc1ccc(S(=O)(=O)N2CCN(C(C)C)CC2)cc1-c1nc2cc3ncn(Cc4ccccc4)c3cc2c(=O)[nH]1. The standard InChI is InChI=1S/C32H36N6O4S/c1-4-16-42-30-11-10-24(43(40,41)38-14-12-36(13-15-38)22(2)3)17-26(30)31-34-27-19-28-29(18-25(27)32(39)35-31)37(21-33-28)20-23-8-6-5-7-9-23/h5-11,17-19,21-22H,4,12-16,20H2,1-3H3,(H,34,35,39). The van der Waals surface area contributed by atoms with Crippen molar-refractivity contribution in [3.05, 3.63) is 82.9 Å². The van der Waals surface area contributed by atoms with Crippen LogP contribution in [0.15, 0.2) is 76.7 Å². The number of nitrogens with one attached hydrogen (secondary N) is 1. The van der Waals surface area contributed by atoms with Gasteiger partial charge in [-0.1, -0.05) is 37.3 Å². The summed E-state index contributed by atoms with van der Waals surface area (Å²) in [6, 6.07) is 18.8. The number of hydrogen-bond donors (Lipinski definition) is 1. The Balaban J connectivity index is 1.39. The van der Waals surface area contributed by atoms with E-state index in [0.29, 0.717) is 73.1 Å². The number of H-pyrrole nitrogens is 1. The summed E-state index contributed by atoms with van der Waals surface area (Å²) >= 11 is 0. The lowest BCUT2D eigenvalue weighted by Gasteiger charge is -2.36. The van der Waals surface area contributed by atoms with Crippen molar-refractivity contribution in [2.75, 3.05) is 32.8 Å². The fraction of sp³-hybridized carbons (Fsp3) is 0.344. The first kappa shape index (κ1) is 29.0. The zero-order valence-corrected chi connectivity index (χ0v) is 25.5. The Labute approximate surface area is 251 Å². The monoisotopic (exact) mass is 600 g/mol. The Kier molecular flexibility index (Phi) is 8.04. The number of sulfonamides is 1. The van der Waals surface area contributed by atoms with Crippen LogP contribution < -0.4 is 10.3 Å². The van der Waals surface area contributed by atoms with Crippen LogP contribution in [0.25, 0.3) is 33.3 Å². The number of piperazine rings is 1. The van der Waals surface area contributed by atoms with Crippen molar-refractivity contribution < 1.29 is 13.2 Å². The Morgan fingerprint density at radius 3 is 2.47 bits per heavy atom. The molecule has 0 unspecified atom stereocenters. The summed E-state index contributed by atoms with van der Waals surface area (Å²) in [7, 11) is -3.76. The van der Waals surface area contributed by atoms with Crippen molar-refractivity contribution in [2.24, 2.45) is 0 Å². The van der Waals surface area contributed by atoms with Crippen LogP contribution in [0.1, 0.15) is 32.8 Å². The minimum atomic E-state index is -3.76. The van der Waals surface area contributed by atoms with Crippen molar-refractivity contribution in [3.8, 4) is 17.1 Å². The summed E-state index contributed by atoms with van der Waals surface area (Å²) in [6.45, 7) is 9.48. The fourth-order valence-corrected chi connectivity index (χ4v) is 6.98. The molecule has 3 heterocycles. The quantitative estimate of drug-likeness (QED) is 0.265. The maximum atomic E-state index is 13.7. The van der Waals surface area contributed by atoms with E-state index in [1.54, 1.807) is 30.6 Å². The molecular weight excluding hydrogens is 564 g/mol. The number of benzene rings is 3. The van der Waals surface area contributed by atoms with Gasteiger partial charge in [0.1, 0.15) is 11.6 Å². The first-order valence-electron chi connectivity index (χ1n) is 14.7. The third-order valence-corrected chi connectivity index (χ3v) is 9.85. The lowest BCUT2D eigenvalue weighted by molar-refractivity contribution is 0.154. The number of ether oxygens (including phenoxy) is 1. The largest absolute Gasteiger partial charge is 0.493 e. The molecule has 1 aliphatic rings. The van der Waals surface area contributed by atoms with E-state index in [0.717, 1.165) is 17.5 Å². The summed E-state index contributed by atoms with van der Waals surface area (Å²) in [5, 5.41) is 0.425. The molecule has 0 amide bonds. The lowest BCUT2D eigenvalue weighted by atomic mass is 10.1. The van der Waals surface area contributed by atoms with Gasteiger partial charge in [0.15, 0.2) is 0 Å². The van der Waals surface area contributed by atoms with E-state index in [2.05, 4.69) is 28.7 Å². The smallest absolute Gasteiger partial charge is 0.259 e. The minimum absolute atomic E-state index is 0.141. The highest BCUT2D eigenvalue weighted by Crippen LogP contribution is 2.32. The van der Waals surface area contributed by atoms with E-state index < -0.39 is 10.0 Å². The Morgan fingerprint density at radius 1 is 0.977 bits per heavy atom. The second-order valence-corrected chi connectivity index (χ2v) is 13.1. The summed E-state index contributed by atoms with van der Waals surface area (Å²) in [4.78, 5) is 28.1. The van der Waals surface area contributed by atoms with E-state index in [9.17, 15) is 13.2 Å². The van der Waals surface area contributed by atoms with Crippen molar-refractivity contribution in [3.63, 3.8) is 0 Å². The Morgan fingerprint density at radius 2 is 1.74 bits per heavy atom. The van der Waals surface area contributed by atoms with Gasteiger partial charge in [0, 0.05) is 38.8 Å². The van der Waals surface area contributed by atoms with Gasteiger partial charge in [-0.25, -0.2) is 18.4 Å². The zero-order valence-electron chi connectivity index (χ0n) is 24.7. The molecule has 0 radical (unpaired) electrons. The van der Waals surface area contributed by atoms with E-state index in [1.807, 2.05) is 47.9 Å². The van der Waals surface area contributed by atoms with Gasteiger partial charge < -0.3 is 14.3 Å². The van der Waals surface area contributed by atoms with E-state index in [4.69, 9.17) is 9.72 Å². The maximum Gasteiger partial charge on any atom is 0.259 e. The fourth-order valence-electron chi connectivity index (χ4n) is 5.53. The normalized spacial score (nSPS) is 15.1. The maximum absolute atomic E-state index is 13.7. The molecule has 0 spiro atoms. The molecule has 0 atom stereocenters. The summed E-state index contributed by atoms with van der Waals surface area (Å²) < 4.78 is 36.9. The van der Waals surface area contributed by atoms with Gasteiger partial charge >= 0.3 is 0 Å². The predicted molar refractivity (Wildman–Crippen MR) is 168 cm³/mol. The molecule has 1 N–H and O–H groups in total. The molecule has 3 aromatic carbocycles. The van der Waals surface area contributed by atoms with Gasteiger partial charge in [0.2, 0.25) is 10.0 Å². The van der Waals surface area contributed by atoms with Crippen LogP contribution in [0.3, 0.4) is 0 Å². The summed E-state index contributed by atoms with van der Waals surface area (Å²) in [5.74, 6) is 0.703. The average Bonchev–Trinajstić information content (AvgIpc) is 3.40. The molecule has 11 heteroatoms. The third-order valence-electron chi connectivity index (χ3n) is 7.95. The first-order valence-corrected chi connectivity index (χ1v) is 16.1. The van der Waals surface area contributed by atoms with Gasteiger partial charge in [0.05, 0.1) is 45.3 Å². The predicted octanol–water partition coefficient (Wildman–Crippen LogP) is 4.49. The lowest BCUT2D eigenvalue weighted by Crippen LogP contribution is -2.50. The molecule has 0 bridgehead atoms. The molecule has 43 heavy (non-hydrogen) atoms.